The number of halogens is 1. The summed E-state index contributed by atoms with van der Waals surface area (Å²) in [6.45, 7) is 1.13. The van der Waals surface area contributed by atoms with Crippen LogP contribution in [0.1, 0.15) is 18.4 Å². The first-order chi connectivity index (χ1) is 12.6. The molecule has 1 aliphatic rings. The van der Waals surface area contributed by atoms with Gasteiger partial charge in [0.05, 0.1) is 5.92 Å². The molecule has 3 rings (SSSR count). The summed E-state index contributed by atoms with van der Waals surface area (Å²) in [4.78, 5) is 30.3. The first-order valence-electron chi connectivity index (χ1n) is 8.50. The number of hydrogen-bond acceptors (Lipinski definition) is 4. The Morgan fingerprint density at radius 3 is 2.77 bits per heavy atom. The first-order valence-corrected chi connectivity index (χ1v) is 8.87. The lowest BCUT2D eigenvalue weighted by atomic mass is 9.98. The fraction of sp³-hybridized carbons (Fsp3) is 0.316. The van der Waals surface area contributed by atoms with E-state index in [0.717, 1.165) is 17.7 Å². The fourth-order valence-corrected chi connectivity index (χ4v) is 2.95. The number of nitrogens with zero attached hydrogens (tertiary/aromatic N) is 2. The Bertz CT molecular complexity index is 752. The van der Waals surface area contributed by atoms with E-state index in [4.69, 9.17) is 16.3 Å². The normalized spacial score (nSPS) is 16.8. The van der Waals surface area contributed by atoms with E-state index >= 15 is 0 Å². The van der Waals surface area contributed by atoms with Gasteiger partial charge < -0.3 is 15.0 Å². The van der Waals surface area contributed by atoms with Gasteiger partial charge in [-0.25, -0.2) is 9.78 Å². The maximum absolute atomic E-state index is 12.4. The second kappa shape index (κ2) is 8.67. The Balaban J connectivity index is 1.51. The molecule has 0 radical (unpaired) electrons. The van der Waals surface area contributed by atoms with Crippen molar-refractivity contribution >= 4 is 29.3 Å². The standard InChI is InChI=1S/C19H20ClN3O3/c20-17-9-8-14(11-21-17)13-26-18(24)15-5-4-10-23(12-15)19(25)22-16-6-2-1-3-7-16/h1-3,6-9,11,15H,4-5,10,12-13H2,(H,22,25). The largest absolute Gasteiger partial charge is 0.460 e. The fourth-order valence-electron chi connectivity index (χ4n) is 2.84. The van der Waals surface area contributed by atoms with Crippen molar-refractivity contribution in [1.29, 1.82) is 0 Å². The number of nitrogens with one attached hydrogen (secondary N) is 1. The van der Waals surface area contributed by atoms with E-state index in [2.05, 4.69) is 10.3 Å². The van der Waals surface area contributed by atoms with Gasteiger partial charge in [0, 0.05) is 30.5 Å². The molecule has 1 aromatic heterocycles. The van der Waals surface area contributed by atoms with Gasteiger partial charge in [-0.15, -0.1) is 0 Å². The summed E-state index contributed by atoms with van der Waals surface area (Å²) in [7, 11) is 0. The summed E-state index contributed by atoms with van der Waals surface area (Å²) in [5.74, 6) is -0.609. The van der Waals surface area contributed by atoms with E-state index in [0.29, 0.717) is 24.7 Å². The van der Waals surface area contributed by atoms with Crippen LogP contribution in [0.4, 0.5) is 10.5 Å². The molecule has 1 aromatic carbocycles. The summed E-state index contributed by atoms with van der Waals surface area (Å²) in [5.41, 5.74) is 1.51. The molecule has 2 aromatic rings. The van der Waals surface area contributed by atoms with Crippen molar-refractivity contribution in [2.45, 2.75) is 19.4 Å². The summed E-state index contributed by atoms with van der Waals surface area (Å²) in [6.07, 6.45) is 3.06. The van der Waals surface area contributed by atoms with Crippen LogP contribution in [0, 0.1) is 5.92 Å². The van der Waals surface area contributed by atoms with E-state index in [1.807, 2.05) is 30.3 Å². The number of likely N-dealkylation sites (tertiary alicyclic amines) is 1. The van der Waals surface area contributed by atoms with Crippen LogP contribution in [-0.4, -0.2) is 35.0 Å². The van der Waals surface area contributed by atoms with Crippen LogP contribution in [0.2, 0.25) is 5.15 Å². The minimum absolute atomic E-state index is 0.149. The van der Waals surface area contributed by atoms with E-state index in [-0.39, 0.29) is 24.5 Å². The lowest BCUT2D eigenvalue weighted by Gasteiger charge is -2.31. The van der Waals surface area contributed by atoms with Crippen molar-refractivity contribution in [2.24, 2.45) is 5.92 Å². The number of aromatic nitrogens is 1. The van der Waals surface area contributed by atoms with Gasteiger partial charge in [0.15, 0.2) is 0 Å². The van der Waals surface area contributed by atoms with E-state index in [1.165, 1.54) is 0 Å². The molecule has 0 saturated carbocycles. The highest BCUT2D eigenvalue weighted by atomic mass is 35.5. The van der Waals surface area contributed by atoms with Crippen LogP contribution in [0.25, 0.3) is 0 Å². The van der Waals surface area contributed by atoms with Gasteiger partial charge in [-0.1, -0.05) is 35.9 Å². The molecule has 2 amide bonds. The average molecular weight is 374 g/mol. The number of carbonyl (C=O) groups excluding carboxylic acids is 2. The number of ether oxygens (including phenoxy) is 1. The van der Waals surface area contributed by atoms with Gasteiger partial charge in [-0.05, 0) is 31.0 Å². The molecule has 0 aliphatic carbocycles. The van der Waals surface area contributed by atoms with Crippen LogP contribution < -0.4 is 5.32 Å². The van der Waals surface area contributed by atoms with Crippen molar-refractivity contribution in [1.82, 2.24) is 9.88 Å². The van der Waals surface area contributed by atoms with Crippen molar-refractivity contribution < 1.29 is 14.3 Å². The molecule has 1 N–H and O–H groups in total. The molecule has 1 saturated heterocycles. The lowest BCUT2D eigenvalue weighted by molar-refractivity contribution is -0.151. The number of anilines is 1. The minimum atomic E-state index is -0.314. The molecule has 136 valence electrons. The summed E-state index contributed by atoms with van der Waals surface area (Å²) >= 11 is 5.74. The third-order valence-electron chi connectivity index (χ3n) is 4.24. The third kappa shape index (κ3) is 4.95. The number of amides is 2. The molecule has 2 heterocycles. The van der Waals surface area contributed by atoms with Crippen molar-refractivity contribution in [3.8, 4) is 0 Å². The average Bonchev–Trinajstić information content (AvgIpc) is 2.68. The zero-order chi connectivity index (χ0) is 18.4. The second-order valence-corrected chi connectivity index (χ2v) is 6.57. The number of hydrogen-bond donors (Lipinski definition) is 1. The maximum Gasteiger partial charge on any atom is 0.321 e. The van der Waals surface area contributed by atoms with Crippen LogP contribution in [0.15, 0.2) is 48.7 Å². The molecule has 26 heavy (non-hydrogen) atoms. The van der Waals surface area contributed by atoms with Crippen molar-refractivity contribution in [3.63, 3.8) is 0 Å². The smallest absolute Gasteiger partial charge is 0.321 e. The molecule has 1 fully saturated rings. The van der Waals surface area contributed by atoms with Crippen LogP contribution in [0.3, 0.4) is 0 Å². The number of rotatable bonds is 4. The monoisotopic (exact) mass is 373 g/mol. The van der Waals surface area contributed by atoms with Gasteiger partial charge in [-0.3, -0.25) is 4.79 Å². The van der Waals surface area contributed by atoms with E-state index in [9.17, 15) is 9.59 Å². The molecule has 1 aliphatic heterocycles. The zero-order valence-electron chi connectivity index (χ0n) is 14.2. The summed E-state index contributed by atoms with van der Waals surface area (Å²) in [5, 5.41) is 3.24. The molecular formula is C19H20ClN3O3. The molecule has 0 spiro atoms. The van der Waals surface area contributed by atoms with Crippen molar-refractivity contribution in [2.75, 3.05) is 18.4 Å². The Hall–Kier alpha value is -2.60. The number of piperidine rings is 1. The number of carbonyl (C=O) groups is 2. The molecule has 7 heteroatoms. The van der Waals surface area contributed by atoms with Crippen LogP contribution in [-0.2, 0) is 16.1 Å². The quantitative estimate of drug-likeness (QED) is 0.654. The highest BCUT2D eigenvalue weighted by Crippen LogP contribution is 2.20. The molecule has 1 atom stereocenters. The third-order valence-corrected chi connectivity index (χ3v) is 4.46. The summed E-state index contributed by atoms with van der Waals surface area (Å²) < 4.78 is 5.37. The number of urea groups is 1. The maximum atomic E-state index is 12.4. The number of benzene rings is 1. The number of para-hydroxylation sites is 1. The Morgan fingerprint density at radius 1 is 1.23 bits per heavy atom. The van der Waals surface area contributed by atoms with E-state index < -0.39 is 0 Å². The first kappa shape index (κ1) is 18.2. The molecule has 0 bridgehead atoms. The van der Waals surface area contributed by atoms with Crippen LogP contribution >= 0.6 is 11.6 Å². The van der Waals surface area contributed by atoms with Gasteiger partial charge in [0.25, 0.3) is 0 Å². The molecule has 6 nitrogen and oxygen atoms in total. The minimum Gasteiger partial charge on any atom is -0.460 e. The molecule has 1 unspecified atom stereocenters. The SMILES string of the molecule is O=C(OCc1ccc(Cl)nc1)C1CCCN(C(=O)Nc2ccccc2)C1. The summed E-state index contributed by atoms with van der Waals surface area (Å²) in [6, 6.07) is 12.5. The van der Waals surface area contributed by atoms with Gasteiger partial charge in [-0.2, -0.15) is 0 Å². The highest BCUT2D eigenvalue weighted by molar-refractivity contribution is 6.29. The topological polar surface area (TPSA) is 71.5 Å². The second-order valence-electron chi connectivity index (χ2n) is 6.18. The predicted molar refractivity (Wildman–Crippen MR) is 98.8 cm³/mol. The lowest BCUT2D eigenvalue weighted by Crippen LogP contribution is -2.44. The Labute approximate surface area is 157 Å². The Morgan fingerprint density at radius 2 is 2.04 bits per heavy atom. The Kier molecular flexibility index (Phi) is 6.07. The number of esters is 1. The van der Waals surface area contributed by atoms with Gasteiger partial charge in [0.2, 0.25) is 0 Å². The predicted octanol–water partition coefficient (Wildman–Crippen LogP) is 3.72. The van der Waals surface area contributed by atoms with Gasteiger partial charge in [0.1, 0.15) is 11.8 Å². The van der Waals surface area contributed by atoms with Crippen molar-refractivity contribution in [3.05, 3.63) is 59.4 Å². The van der Waals surface area contributed by atoms with Gasteiger partial charge >= 0.3 is 12.0 Å². The highest BCUT2D eigenvalue weighted by Gasteiger charge is 2.29. The van der Waals surface area contributed by atoms with Crippen LogP contribution in [0.5, 0.6) is 0 Å². The number of pyridine rings is 1. The van der Waals surface area contributed by atoms with E-state index in [1.54, 1.807) is 23.2 Å². The zero-order valence-corrected chi connectivity index (χ0v) is 15.0. The molecular weight excluding hydrogens is 354 g/mol.